The first-order valence-electron chi connectivity index (χ1n) is 11.3. The molecule has 2 aromatic carbocycles. The number of thiophene rings is 1. The van der Waals surface area contributed by atoms with Crippen molar-refractivity contribution in [3.05, 3.63) is 81.0 Å². The van der Waals surface area contributed by atoms with Crippen molar-refractivity contribution in [1.29, 1.82) is 0 Å². The molecule has 174 valence electrons. The van der Waals surface area contributed by atoms with E-state index in [9.17, 15) is 9.59 Å². The van der Waals surface area contributed by atoms with Crippen LogP contribution in [-0.4, -0.2) is 34.9 Å². The molecular weight excluding hydrogens is 466 g/mol. The van der Waals surface area contributed by atoms with Crippen LogP contribution in [0.5, 0.6) is 5.75 Å². The topological polar surface area (TPSA) is 73.2 Å². The Morgan fingerprint density at radius 1 is 1.15 bits per heavy atom. The highest BCUT2D eigenvalue weighted by atomic mass is 32.2. The lowest BCUT2D eigenvalue weighted by molar-refractivity contribution is -0.118. The van der Waals surface area contributed by atoms with E-state index >= 15 is 0 Å². The first-order chi connectivity index (χ1) is 16.6. The van der Waals surface area contributed by atoms with Crippen LogP contribution in [0.2, 0.25) is 0 Å². The van der Waals surface area contributed by atoms with Gasteiger partial charge in [-0.1, -0.05) is 42.1 Å². The number of nitrogens with one attached hydrogen (secondary N) is 1. The van der Waals surface area contributed by atoms with Crippen LogP contribution in [0.1, 0.15) is 22.4 Å². The van der Waals surface area contributed by atoms with Gasteiger partial charge in [0.15, 0.2) is 5.16 Å². The Labute approximate surface area is 206 Å². The van der Waals surface area contributed by atoms with E-state index < -0.39 is 0 Å². The van der Waals surface area contributed by atoms with Gasteiger partial charge in [0.05, 0.1) is 23.9 Å². The zero-order valence-electron chi connectivity index (χ0n) is 18.9. The molecule has 0 radical (unpaired) electrons. The van der Waals surface area contributed by atoms with Gasteiger partial charge in [-0.15, -0.1) is 11.3 Å². The van der Waals surface area contributed by atoms with Gasteiger partial charge < -0.3 is 10.1 Å². The van der Waals surface area contributed by atoms with Crippen LogP contribution in [-0.2, 0) is 24.1 Å². The lowest BCUT2D eigenvalue weighted by Crippen LogP contribution is -2.28. The predicted octanol–water partition coefficient (Wildman–Crippen LogP) is 4.40. The van der Waals surface area contributed by atoms with Crippen molar-refractivity contribution in [2.75, 3.05) is 19.4 Å². The molecule has 0 atom stereocenters. The van der Waals surface area contributed by atoms with Gasteiger partial charge in [0.1, 0.15) is 10.6 Å². The van der Waals surface area contributed by atoms with Gasteiger partial charge >= 0.3 is 0 Å². The van der Waals surface area contributed by atoms with Crippen LogP contribution in [0.4, 0.5) is 0 Å². The molecule has 2 heterocycles. The third-order valence-electron chi connectivity index (χ3n) is 5.95. The highest BCUT2D eigenvalue weighted by molar-refractivity contribution is 7.99. The van der Waals surface area contributed by atoms with E-state index in [0.29, 0.717) is 11.7 Å². The largest absolute Gasteiger partial charge is 0.497 e. The number of amides is 1. The Balaban J connectivity index is 1.32. The minimum atomic E-state index is -0.0823. The zero-order valence-corrected chi connectivity index (χ0v) is 20.5. The van der Waals surface area contributed by atoms with E-state index in [-0.39, 0.29) is 17.2 Å². The molecule has 8 heteroatoms. The number of carbonyl (C=O) groups excluding carboxylic acids is 1. The summed E-state index contributed by atoms with van der Waals surface area (Å²) in [5.41, 5.74) is 3.01. The number of thioether (sulfide) groups is 1. The molecule has 4 aromatic rings. The monoisotopic (exact) mass is 491 g/mol. The summed E-state index contributed by atoms with van der Waals surface area (Å²) in [6.07, 6.45) is 3.78. The molecule has 0 bridgehead atoms. The van der Waals surface area contributed by atoms with Gasteiger partial charge in [-0.3, -0.25) is 14.2 Å². The fourth-order valence-corrected chi connectivity index (χ4v) is 6.39. The summed E-state index contributed by atoms with van der Waals surface area (Å²) in [6, 6.07) is 17.4. The molecule has 0 saturated heterocycles. The van der Waals surface area contributed by atoms with Crippen molar-refractivity contribution >= 4 is 39.2 Å². The number of benzene rings is 2. The number of fused-ring (bicyclic) bond motifs is 3. The summed E-state index contributed by atoms with van der Waals surface area (Å²) >= 11 is 2.92. The molecule has 0 unspecified atom stereocenters. The maximum atomic E-state index is 13.6. The van der Waals surface area contributed by atoms with Gasteiger partial charge in [-0.2, -0.15) is 0 Å². The first kappa shape index (κ1) is 22.7. The molecule has 2 aromatic heterocycles. The van der Waals surface area contributed by atoms with Crippen molar-refractivity contribution in [3.63, 3.8) is 0 Å². The number of aromatic nitrogens is 2. The van der Waals surface area contributed by atoms with Gasteiger partial charge in [0.2, 0.25) is 5.91 Å². The lowest BCUT2D eigenvalue weighted by Gasteiger charge is -2.12. The van der Waals surface area contributed by atoms with Gasteiger partial charge in [0.25, 0.3) is 5.56 Å². The van der Waals surface area contributed by atoms with Gasteiger partial charge in [0, 0.05) is 11.4 Å². The summed E-state index contributed by atoms with van der Waals surface area (Å²) in [6.45, 7) is 0.543. The Morgan fingerprint density at radius 2 is 1.94 bits per heavy atom. The van der Waals surface area contributed by atoms with E-state index in [0.717, 1.165) is 58.5 Å². The molecule has 1 amide bonds. The summed E-state index contributed by atoms with van der Waals surface area (Å²) in [5.74, 6) is 0.925. The number of aryl methyl sites for hydroxylation is 2. The van der Waals surface area contributed by atoms with Crippen LogP contribution in [0.25, 0.3) is 15.9 Å². The van der Waals surface area contributed by atoms with Crippen molar-refractivity contribution in [3.8, 4) is 11.4 Å². The third kappa shape index (κ3) is 4.60. The zero-order chi connectivity index (χ0) is 23.5. The van der Waals surface area contributed by atoms with Crippen molar-refractivity contribution in [1.82, 2.24) is 14.9 Å². The van der Waals surface area contributed by atoms with E-state index in [1.807, 2.05) is 54.6 Å². The number of para-hydroxylation sites is 1. The molecule has 1 aliphatic carbocycles. The average Bonchev–Trinajstić information content (AvgIpc) is 3.45. The van der Waals surface area contributed by atoms with Crippen molar-refractivity contribution in [2.45, 2.75) is 30.8 Å². The number of hydrogen-bond donors (Lipinski definition) is 1. The Bertz CT molecular complexity index is 1380. The Morgan fingerprint density at radius 3 is 2.71 bits per heavy atom. The maximum absolute atomic E-state index is 13.6. The number of hydrogen-bond acceptors (Lipinski definition) is 6. The van der Waals surface area contributed by atoms with Gasteiger partial charge in [-0.05, 0) is 61.1 Å². The SMILES string of the molecule is COc1ccc(CCNC(=O)CSc2nc3sc4c(c3c(=O)n2-c2ccccc2)CCC4)cc1. The van der Waals surface area contributed by atoms with E-state index in [1.54, 1.807) is 23.0 Å². The minimum absolute atomic E-state index is 0.0435. The summed E-state index contributed by atoms with van der Waals surface area (Å²) in [4.78, 5) is 33.1. The average molecular weight is 492 g/mol. The second kappa shape index (κ2) is 10.0. The molecule has 0 spiro atoms. The summed E-state index contributed by atoms with van der Waals surface area (Å²) in [7, 11) is 1.64. The quantitative estimate of drug-likeness (QED) is 0.292. The molecule has 6 nitrogen and oxygen atoms in total. The molecule has 1 aliphatic rings. The summed E-state index contributed by atoms with van der Waals surface area (Å²) in [5, 5.41) is 4.26. The predicted molar refractivity (Wildman–Crippen MR) is 138 cm³/mol. The van der Waals surface area contributed by atoms with Crippen molar-refractivity contribution in [2.24, 2.45) is 0 Å². The Hall–Kier alpha value is -3.10. The van der Waals surface area contributed by atoms with Gasteiger partial charge in [-0.25, -0.2) is 4.98 Å². The molecular formula is C26H25N3O3S2. The second-order valence-electron chi connectivity index (χ2n) is 8.14. The van der Waals surface area contributed by atoms with Crippen LogP contribution >= 0.6 is 23.1 Å². The van der Waals surface area contributed by atoms with E-state index in [4.69, 9.17) is 9.72 Å². The molecule has 0 fully saturated rings. The smallest absolute Gasteiger partial charge is 0.267 e. The fourth-order valence-electron chi connectivity index (χ4n) is 4.25. The number of nitrogens with zero attached hydrogens (tertiary/aromatic N) is 2. The van der Waals surface area contributed by atoms with Crippen LogP contribution in [0.15, 0.2) is 64.5 Å². The maximum Gasteiger partial charge on any atom is 0.267 e. The summed E-state index contributed by atoms with van der Waals surface area (Å²) < 4.78 is 6.83. The van der Waals surface area contributed by atoms with Crippen LogP contribution < -0.4 is 15.6 Å². The fraction of sp³-hybridized carbons (Fsp3) is 0.269. The first-order valence-corrected chi connectivity index (χ1v) is 13.1. The Kier molecular flexibility index (Phi) is 6.69. The number of methoxy groups -OCH3 is 1. The molecule has 1 N–H and O–H groups in total. The van der Waals surface area contributed by atoms with E-state index in [2.05, 4.69) is 5.32 Å². The highest BCUT2D eigenvalue weighted by Gasteiger charge is 2.24. The van der Waals surface area contributed by atoms with E-state index in [1.165, 1.54) is 16.6 Å². The normalized spacial score (nSPS) is 12.6. The van der Waals surface area contributed by atoms with Crippen LogP contribution in [0, 0.1) is 0 Å². The highest BCUT2D eigenvalue weighted by Crippen LogP contribution is 2.36. The number of rotatable bonds is 8. The lowest BCUT2D eigenvalue weighted by atomic mass is 10.1. The molecule has 0 aliphatic heterocycles. The van der Waals surface area contributed by atoms with Crippen molar-refractivity contribution < 1.29 is 9.53 Å². The second-order valence-corrected chi connectivity index (χ2v) is 10.2. The minimum Gasteiger partial charge on any atom is -0.497 e. The molecule has 0 saturated carbocycles. The number of carbonyl (C=O) groups is 1. The molecule has 34 heavy (non-hydrogen) atoms. The number of ether oxygens (including phenoxy) is 1. The van der Waals surface area contributed by atoms with Crippen LogP contribution in [0.3, 0.4) is 0 Å². The molecule has 5 rings (SSSR count). The standard InChI is InChI=1S/C26H25N3O3S2/c1-32-19-12-10-17(11-13-19)14-15-27-22(30)16-33-26-28-24-23(20-8-5-9-21(20)34-24)25(31)29(26)18-6-3-2-4-7-18/h2-4,6-7,10-13H,5,8-9,14-16H2,1H3,(H,27,30). The third-order valence-corrected chi connectivity index (χ3v) is 8.07.